The third-order valence-corrected chi connectivity index (χ3v) is 4.39. The average Bonchev–Trinajstić information content (AvgIpc) is 2.73. The quantitative estimate of drug-likeness (QED) is 0.845. The normalized spacial score (nSPS) is 19.6. The second kappa shape index (κ2) is 8.53. The van der Waals surface area contributed by atoms with Crippen molar-refractivity contribution in [2.45, 2.75) is 38.2 Å². The van der Waals surface area contributed by atoms with Crippen molar-refractivity contribution in [3.8, 4) is 5.75 Å². The van der Waals surface area contributed by atoms with Gasteiger partial charge in [0, 0.05) is 18.2 Å². The van der Waals surface area contributed by atoms with Gasteiger partial charge in [-0.1, -0.05) is 18.2 Å². The van der Waals surface area contributed by atoms with Gasteiger partial charge in [-0.3, -0.25) is 14.6 Å². The second-order valence-electron chi connectivity index (χ2n) is 6.33. The van der Waals surface area contributed by atoms with Crippen LogP contribution in [-0.2, 0) is 11.3 Å². The summed E-state index contributed by atoms with van der Waals surface area (Å²) in [7, 11) is 1.79. The Bertz CT molecular complexity index is 581. The number of likely N-dealkylation sites (N-methyl/N-ethyl adjacent to an activating group) is 1. The van der Waals surface area contributed by atoms with Gasteiger partial charge in [-0.05, 0) is 45.5 Å². The number of likely N-dealkylation sites (tertiary alicyclic amines) is 1. The van der Waals surface area contributed by atoms with Crippen LogP contribution in [0.2, 0.25) is 0 Å². The summed E-state index contributed by atoms with van der Waals surface area (Å²) in [5.74, 6) is -1.03. The molecule has 2 rings (SSSR count). The molecule has 0 spiro atoms. The SMILES string of the molecule is CN(CC(=O)O)C1CCCN(Cc2ccccc2OC(F)(F)F)CC1. The molecule has 0 bridgehead atoms. The minimum absolute atomic E-state index is 0.00702. The van der Waals surface area contributed by atoms with Crippen LogP contribution >= 0.6 is 0 Å². The van der Waals surface area contributed by atoms with Crippen molar-refractivity contribution in [1.82, 2.24) is 9.80 Å². The fourth-order valence-electron chi connectivity index (χ4n) is 3.18. The molecular weight excluding hydrogens is 337 g/mol. The lowest BCUT2D eigenvalue weighted by atomic mass is 10.1. The first-order chi connectivity index (χ1) is 11.7. The van der Waals surface area contributed by atoms with E-state index in [-0.39, 0.29) is 18.3 Å². The van der Waals surface area contributed by atoms with Crippen molar-refractivity contribution in [3.05, 3.63) is 29.8 Å². The Balaban J connectivity index is 1.97. The van der Waals surface area contributed by atoms with Crippen molar-refractivity contribution in [2.24, 2.45) is 0 Å². The van der Waals surface area contributed by atoms with Crippen LogP contribution < -0.4 is 4.74 Å². The van der Waals surface area contributed by atoms with E-state index in [9.17, 15) is 18.0 Å². The first kappa shape index (κ1) is 19.5. The summed E-state index contributed by atoms with van der Waals surface area (Å²) in [6.45, 7) is 1.83. The molecule has 25 heavy (non-hydrogen) atoms. The highest BCUT2D eigenvalue weighted by molar-refractivity contribution is 5.69. The smallest absolute Gasteiger partial charge is 0.480 e. The first-order valence-corrected chi connectivity index (χ1v) is 8.22. The molecule has 1 aliphatic heterocycles. The number of carboxylic acid groups (broad SMARTS) is 1. The van der Waals surface area contributed by atoms with E-state index < -0.39 is 12.3 Å². The number of benzene rings is 1. The summed E-state index contributed by atoms with van der Waals surface area (Å²) in [6.07, 6.45) is -2.18. The predicted molar refractivity (Wildman–Crippen MR) is 86.3 cm³/mol. The highest BCUT2D eigenvalue weighted by Gasteiger charge is 2.32. The van der Waals surface area contributed by atoms with E-state index in [1.165, 1.54) is 12.1 Å². The first-order valence-electron chi connectivity index (χ1n) is 8.22. The zero-order valence-electron chi connectivity index (χ0n) is 14.1. The van der Waals surface area contributed by atoms with Crippen molar-refractivity contribution in [1.29, 1.82) is 0 Å². The monoisotopic (exact) mass is 360 g/mol. The Morgan fingerprint density at radius 2 is 2.04 bits per heavy atom. The Kier molecular flexibility index (Phi) is 6.66. The molecule has 1 unspecified atom stereocenters. The highest BCUT2D eigenvalue weighted by Crippen LogP contribution is 2.28. The van der Waals surface area contributed by atoms with Crippen LogP contribution in [0.4, 0.5) is 13.2 Å². The molecule has 1 fully saturated rings. The lowest BCUT2D eigenvalue weighted by Gasteiger charge is -2.26. The molecule has 0 aromatic heterocycles. The minimum Gasteiger partial charge on any atom is -0.480 e. The van der Waals surface area contributed by atoms with Crippen LogP contribution in [0.1, 0.15) is 24.8 Å². The van der Waals surface area contributed by atoms with Gasteiger partial charge < -0.3 is 9.84 Å². The molecule has 1 atom stereocenters. The van der Waals surface area contributed by atoms with E-state index in [4.69, 9.17) is 5.11 Å². The molecule has 8 heteroatoms. The summed E-state index contributed by atoms with van der Waals surface area (Å²) < 4.78 is 41.7. The fraction of sp³-hybridized carbons (Fsp3) is 0.588. The minimum atomic E-state index is -4.71. The summed E-state index contributed by atoms with van der Waals surface area (Å²) in [6, 6.07) is 6.34. The van der Waals surface area contributed by atoms with Gasteiger partial charge in [0.2, 0.25) is 0 Å². The summed E-state index contributed by atoms with van der Waals surface area (Å²) in [4.78, 5) is 14.8. The average molecular weight is 360 g/mol. The van der Waals surface area contributed by atoms with Crippen molar-refractivity contribution >= 4 is 5.97 Å². The lowest BCUT2D eigenvalue weighted by Crippen LogP contribution is -2.36. The molecule has 0 radical (unpaired) electrons. The number of hydrogen-bond donors (Lipinski definition) is 1. The van der Waals surface area contributed by atoms with E-state index in [1.807, 2.05) is 4.90 Å². The van der Waals surface area contributed by atoms with Crippen LogP contribution in [-0.4, -0.2) is 60.0 Å². The molecule has 1 saturated heterocycles. The van der Waals surface area contributed by atoms with E-state index >= 15 is 0 Å². The molecule has 0 aliphatic carbocycles. The van der Waals surface area contributed by atoms with E-state index in [0.717, 1.165) is 25.8 Å². The molecule has 0 amide bonds. The fourth-order valence-corrected chi connectivity index (χ4v) is 3.18. The molecule has 1 N–H and O–H groups in total. The van der Waals surface area contributed by atoms with Gasteiger partial charge in [-0.2, -0.15) is 0 Å². The molecule has 0 saturated carbocycles. The maximum atomic E-state index is 12.5. The molecule has 1 aliphatic rings. The van der Waals surface area contributed by atoms with Crippen LogP contribution in [0.5, 0.6) is 5.75 Å². The van der Waals surface area contributed by atoms with E-state index in [2.05, 4.69) is 9.64 Å². The summed E-state index contributed by atoms with van der Waals surface area (Å²) >= 11 is 0. The number of para-hydroxylation sites is 1. The number of carbonyl (C=O) groups is 1. The number of aliphatic carboxylic acids is 1. The lowest BCUT2D eigenvalue weighted by molar-refractivity contribution is -0.275. The Labute approximate surface area is 145 Å². The zero-order valence-corrected chi connectivity index (χ0v) is 14.1. The molecule has 1 heterocycles. The molecule has 140 valence electrons. The third kappa shape index (κ3) is 6.55. The molecular formula is C17H23F3N2O3. The maximum Gasteiger partial charge on any atom is 0.573 e. The van der Waals surface area contributed by atoms with Crippen LogP contribution in [0.15, 0.2) is 24.3 Å². The van der Waals surface area contributed by atoms with Crippen molar-refractivity contribution in [3.63, 3.8) is 0 Å². The topological polar surface area (TPSA) is 53.0 Å². The van der Waals surface area contributed by atoms with E-state index in [1.54, 1.807) is 19.2 Å². The van der Waals surface area contributed by atoms with Crippen molar-refractivity contribution < 1.29 is 27.8 Å². The summed E-state index contributed by atoms with van der Waals surface area (Å²) in [5, 5.41) is 8.90. The predicted octanol–water partition coefficient (Wildman–Crippen LogP) is 2.96. The Morgan fingerprint density at radius 1 is 1.32 bits per heavy atom. The van der Waals surface area contributed by atoms with Crippen molar-refractivity contribution in [2.75, 3.05) is 26.7 Å². The van der Waals surface area contributed by atoms with Gasteiger partial charge in [0.1, 0.15) is 5.75 Å². The Morgan fingerprint density at radius 3 is 2.72 bits per heavy atom. The number of nitrogens with zero attached hydrogens (tertiary/aromatic N) is 2. The standard InChI is InChI=1S/C17H23F3N2O3/c1-21(12-16(23)24)14-6-4-9-22(10-8-14)11-13-5-2-3-7-15(13)25-17(18,19)20/h2-3,5,7,14H,4,6,8-12H2,1H3,(H,23,24). The van der Waals surface area contributed by atoms with E-state index in [0.29, 0.717) is 18.7 Å². The summed E-state index contributed by atoms with van der Waals surface area (Å²) in [5.41, 5.74) is 0.497. The number of halogens is 3. The second-order valence-corrected chi connectivity index (χ2v) is 6.33. The van der Waals surface area contributed by atoms with Gasteiger partial charge in [0.25, 0.3) is 0 Å². The zero-order chi connectivity index (χ0) is 18.4. The highest BCUT2D eigenvalue weighted by atomic mass is 19.4. The number of rotatable bonds is 6. The van der Waals surface area contributed by atoms with Crippen LogP contribution in [0.3, 0.4) is 0 Å². The van der Waals surface area contributed by atoms with Gasteiger partial charge in [0.05, 0.1) is 6.54 Å². The van der Waals surface area contributed by atoms with Crippen LogP contribution in [0.25, 0.3) is 0 Å². The molecule has 1 aromatic rings. The number of alkyl halides is 3. The number of hydrogen-bond acceptors (Lipinski definition) is 4. The largest absolute Gasteiger partial charge is 0.573 e. The number of ether oxygens (including phenoxy) is 1. The van der Waals surface area contributed by atoms with Crippen LogP contribution in [0, 0.1) is 0 Å². The van der Waals surface area contributed by atoms with Gasteiger partial charge in [-0.15, -0.1) is 13.2 Å². The molecule has 5 nitrogen and oxygen atoms in total. The maximum absolute atomic E-state index is 12.5. The van der Waals surface area contributed by atoms with Gasteiger partial charge in [-0.25, -0.2) is 0 Å². The Hall–Kier alpha value is -1.80. The number of carboxylic acids is 1. The van der Waals surface area contributed by atoms with Gasteiger partial charge in [0.15, 0.2) is 0 Å². The molecule has 1 aromatic carbocycles. The van der Waals surface area contributed by atoms with Gasteiger partial charge >= 0.3 is 12.3 Å². The third-order valence-electron chi connectivity index (χ3n) is 4.39.